The van der Waals surface area contributed by atoms with Crippen molar-refractivity contribution in [2.45, 2.75) is 45.8 Å². The number of aryl methyl sites for hydroxylation is 1. The SMILES string of the molecule is Cc1ccc(CN(C)CCn2c3c(n(CC(=O)c4ccc(Cl)cc4)c2=N)C=CC[C@@H]3C)cc1. The molecule has 1 atom stereocenters. The van der Waals surface area contributed by atoms with Gasteiger partial charge >= 0.3 is 0 Å². The highest BCUT2D eigenvalue weighted by molar-refractivity contribution is 6.30. The molecule has 1 N–H and O–H groups in total. The van der Waals surface area contributed by atoms with E-state index in [1.54, 1.807) is 24.3 Å². The number of carbonyl (C=O) groups is 1. The largest absolute Gasteiger partial charge is 0.313 e. The highest BCUT2D eigenvalue weighted by Gasteiger charge is 2.24. The first-order valence-corrected chi connectivity index (χ1v) is 11.8. The highest BCUT2D eigenvalue weighted by atomic mass is 35.5. The van der Waals surface area contributed by atoms with Crippen molar-refractivity contribution in [3.8, 4) is 0 Å². The summed E-state index contributed by atoms with van der Waals surface area (Å²) in [6.07, 6.45) is 5.15. The molecule has 0 saturated heterocycles. The number of halogens is 1. The standard InChI is InChI=1S/C27H31ClN4O/c1-19-7-9-21(10-8-19)17-30(3)15-16-31-26-20(2)5-4-6-24(26)32(27(31)29)18-25(33)22-11-13-23(28)14-12-22/h4,6-14,20,29H,5,15-18H2,1-3H3/t20-/m0/s1. The first kappa shape index (κ1) is 23.3. The fourth-order valence-electron chi connectivity index (χ4n) is 4.45. The third-order valence-electron chi connectivity index (χ3n) is 6.33. The molecule has 5 nitrogen and oxygen atoms in total. The molecule has 172 valence electrons. The number of imidazole rings is 1. The van der Waals surface area contributed by atoms with Gasteiger partial charge in [0.15, 0.2) is 5.78 Å². The van der Waals surface area contributed by atoms with Gasteiger partial charge < -0.3 is 14.0 Å². The van der Waals surface area contributed by atoms with E-state index in [-0.39, 0.29) is 12.3 Å². The number of nitrogens with zero attached hydrogens (tertiary/aromatic N) is 3. The quantitative estimate of drug-likeness (QED) is 0.464. The van der Waals surface area contributed by atoms with Crippen LogP contribution in [0.4, 0.5) is 0 Å². The molecule has 0 saturated carbocycles. The lowest BCUT2D eigenvalue weighted by Crippen LogP contribution is -2.32. The summed E-state index contributed by atoms with van der Waals surface area (Å²) in [7, 11) is 2.11. The minimum absolute atomic E-state index is 0.0202. The lowest BCUT2D eigenvalue weighted by Gasteiger charge is -2.21. The van der Waals surface area contributed by atoms with E-state index in [0.717, 1.165) is 30.9 Å². The maximum atomic E-state index is 13.0. The number of Topliss-reactive ketones (excluding diaryl/α,β-unsaturated/α-hetero) is 1. The van der Waals surface area contributed by atoms with Crippen molar-refractivity contribution in [3.63, 3.8) is 0 Å². The molecule has 0 bridgehead atoms. The molecule has 0 aliphatic heterocycles. The molecule has 3 aromatic rings. The van der Waals surface area contributed by atoms with Crippen molar-refractivity contribution in [1.82, 2.24) is 14.0 Å². The van der Waals surface area contributed by atoms with Crippen LogP contribution in [0.15, 0.2) is 54.6 Å². The number of hydrogen-bond acceptors (Lipinski definition) is 3. The van der Waals surface area contributed by atoms with E-state index in [0.29, 0.717) is 28.7 Å². The molecule has 2 aromatic carbocycles. The Labute approximate surface area is 200 Å². The lowest BCUT2D eigenvalue weighted by atomic mass is 9.96. The van der Waals surface area contributed by atoms with E-state index in [1.165, 1.54) is 11.1 Å². The summed E-state index contributed by atoms with van der Waals surface area (Å²) in [6.45, 7) is 6.83. The Hall–Kier alpha value is -2.89. The summed E-state index contributed by atoms with van der Waals surface area (Å²) in [5.41, 5.74) is 5.66. The van der Waals surface area contributed by atoms with Crippen molar-refractivity contribution >= 4 is 23.5 Å². The maximum absolute atomic E-state index is 13.0. The molecule has 6 heteroatoms. The Bertz CT molecular complexity index is 1220. The van der Waals surface area contributed by atoms with E-state index in [4.69, 9.17) is 17.0 Å². The fourth-order valence-corrected chi connectivity index (χ4v) is 4.58. The van der Waals surface area contributed by atoms with Crippen LogP contribution in [0.5, 0.6) is 0 Å². The third kappa shape index (κ3) is 5.21. The van der Waals surface area contributed by atoms with Gasteiger partial charge in [-0.05, 0) is 56.3 Å². The van der Waals surface area contributed by atoms with Crippen LogP contribution in [-0.4, -0.2) is 33.4 Å². The summed E-state index contributed by atoms with van der Waals surface area (Å²) < 4.78 is 3.93. The molecule has 4 rings (SSSR count). The zero-order valence-electron chi connectivity index (χ0n) is 19.5. The molecule has 33 heavy (non-hydrogen) atoms. The molecule has 1 heterocycles. The summed E-state index contributed by atoms with van der Waals surface area (Å²) in [5, 5.41) is 9.52. The van der Waals surface area contributed by atoms with Gasteiger partial charge in [0.1, 0.15) is 0 Å². The van der Waals surface area contributed by atoms with Gasteiger partial charge in [-0.1, -0.05) is 54.4 Å². The minimum Gasteiger partial charge on any atom is -0.313 e. The molecule has 1 aliphatic carbocycles. The van der Waals surface area contributed by atoms with Crippen LogP contribution in [0.2, 0.25) is 5.02 Å². The number of likely N-dealkylation sites (N-methyl/N-ethyl adjacent to an activating group) is 1. The zero-order chi connectivity index (χ0) is 23.5. The zero-order valence-corrected chi connectivity index (χ0v) is 20.3. The van der Waals surface area contributed by atoms with E-state index in [1.807, 2.05) is 4.57 Å². The van der Waals surface area contributed by atoms with E-state index < -0.39 is 0 Å². The van der Waals surface area contributed by atoms with Gasteiger partial charge in [-0.3, -0.25) is 10.2 Å². The summed E-state index contributed by atoms with van der Waals surface area (Å²) in [5.74, 6) is 0.289. The molecule has 1 aromatic heterocycles. The van der Waals surface area contributed by atoms with E-state index in [9.17, 15) is 4.79 Å². The van der Waals surface area contributed by atoms with Crippen LogP contribution in [0.3, 0.4) is 0 Å². The third-order valence-corrected chi connectivity index (χ3v) is 6.59. The fraction of sp³-hybridized carbons (Fsp3) is 0.333. The van der Waals surface area contributed by atoms with Gasteiger partial charge in [0.25, 0.3) is 0 Å². The van der Waals surface area contributed by atoms with Crippen molar-refractivity contribution in [1.29, 1.82) is 5.41 Å². The van der Waals surface area contributed by atoms with Gasteiger partial charge in [-0.25, -0.2) is 0 Å². The number of carbonyl (C=O) groups excluding carboxylic acids is 1. The second-order valence-corrected chi connectivity index (χ2v) is 9.46. The Morgan fingerprint density at radius 2 is 1.82 bits per heavy atom. The summed E-state index contributed by atoms with van der Waals surface area (Å²) in [4.78, 5) is 15.2. The highest BCUT2D eigenvalue weighted by Crippen LogP contribution is 2.29. The Morgan fingerprint density at radius 3 is 2.52 bits per heavy atom. The number of aromatic nitrogens is 2. The summed E-state index contributed by atoms with van der Waals surface area (Å²) in [6, 6.07) is 15.6. The van der Waals surface area contributed by atoms with Gasteiger partial charge in [0.2, 0.25) is 5.62 Å². The molecule has 0 amide bonds. The second-order valence-electron chi connectivity index (χ2n) is 9.02. The molecule has 0 fully saturated rings. The number of benzene rings is 2. The van der Waals surface area contributed by atoms with Crippen LogP contribution in [0, 0.1) is 12.3 Å². The number of allylic oxidation sites excluding steroid dienone is 1. The van der Waals surface area contributed by atoms with E-state index in [2.05, 4.69) is 66.8 Å². The number of fused-ring (bicyclic) bond motifs is 1. The molecule has 0 spiro atoms. The van der Waals surface area contributed by atoms with Gasteiger partial charge in [0, 0.05) is 41.8 Å². The van der Waals surface area contributed by atoms with Crippen molar-refractivity contribution in [2.75, 3.05) is 13.6 Å². The van der Waals surface area contributed by atoms with Crippen LogP contribution in [-0.2, 0) is 19.6 Å². The van der Waals surface area contributed by atoms with Crippen molar-refractivity contribution in [3.05, 3.63) is 93.3 Å². The Balaban J connectivity index is 1.55. The lowest BCUT2D eigenvalue weighted by molar-refractivity contribution is 0.0969. The predicted octanol–water partition coefficient (Wildman–Crippen LogP) is 5.27. The van der Waals surface area contributed by atoms with Crippen molar-refractivity contribution in [2.24, 2.45) is 0 Å². The van der Waals surface area contributed by atoms with Crippen LogP contribution in [0.1, 0.15) is 52.1 Å². The minimum atomic E-state index is -0.0202. The normalized spacial score (nSPS) is 15.1. The molecule has 1 aliphatic rings. The first-order chi connectivity index (χ1) is 15.8. The number of ketones is 1. The maximum Gasteiger partial charge on any atom is 0.203 e. The Morgan fingerprint density at radius 1 is 1.12 bits per heavy atom. The van der Waals surface area contributed by atoms with Crippen LogP contribution < -0.4 is 5.62 Å². The van der Waals surface area contributed by atoms with Gasteiger partial charge in [-0.15, -0.1) is 0 Å². The number of nitrogens with one attached hydrogen (secondary N) is 1. The van der Waals surface area contributed by atoms with E-state index >= 15 is 0 Å². The molecule has 0 radical (unpaired) electrons. The molecular formula is C27H31ClN4O. The van der Waals surface area contributed by atoms with Crippen LogP contribution >= 0.6 is 11.6 Å². The molecule has 0 unspecified atom stereocenters. The monoisotopic (exact) mass is 462 g/mol. The molecular weight excluding hydrogens is 432 g/mol. The average Bonchev–Trinajstić information content (AvgIpc) is 3.06. The average molecular weight is 463 g/mol. The Kier molecular flexibility index (Phi) is 7.01. The van der Waals surface area contributed by atoms with Crippen LogP contribution in [0.25, 0.3) is 6.08 Å². The van der Waals surface area contributed by atoms with Gasteiger partial charge in [0.05, 0.1) is 12.2 Å². The topological polar surface area (TPSA) is 54.0 Å². The van der Waals surface area contributed by atoms with Gasteiger partial charge in [-0.2, -0.15) is 0 Å². The number of rotatable bonds is 8. The second kappa shape index (κ2) is 9.94. The number of hydrogen-bond donors (Lipinski definition) is 1. The van der Waals surface area contributed by atoms with Crippen molar-refractivity contribution < 1.29 is 4.79 Å². The smallest absolute Gasteiger partial charge is 0.203 e. The predicted molar refractivity (Wildman–Crippen MR) is 134 cm³/mol. The first-order valence-electron chi connectivity index (χ1n) is 11.4. The summed E-state index contributed by atoms with van der Waals surface area (Å²) >= 11 is 5.97.